The highest BCUT2D eigenvalue weighted by atomic mass is 16.6. The Morgan fingerprint density at radius 2 is 2.08 bits per heavy atom. The van der Waals surface area contributed by atoms with Crippen molar-refractivity contribution in [2.24, 2.45) is 11.0 Å². The van der Waals surface area contributed by atoms with Crippen LogP contribution >= 0.6 is 0 Å². The van der Waals surface area contributed by atoms with Crippen LogP contribution in [0.15, 0.2) is 52.0 Å². The molecular formula is C16H14N4O5. The molecule has 0 spiro atoms. The molecule has 1 aliphatic rings. The highest BCUT2D eigenvalue weighted by Crippen LogP contribution is 2.28. The van der Waals surface area contributed by atoms with Crippen molar-refractivity contribution < 1.29 is 18.9 Å². The fourth-order valence-electron chi connectivity index (χ4n) is 2.67. The summed E-state index contributed by atoms with van der Waals surface area (Å²) in [5.41, 5.74) is 3.16. The molecule has 0 aliphatic carbocycles. The van der Waals surface area contributed by atoms with Crippen LogP contribution in [0.3, 0.4) is 0 Å². The molecule has 3 rings (SSSR count). The van der Waals surface area contributed by atoms with E-state index in [-0.39, 0.29) is 17.6 Å². The maximum absolute atomic E-state index is 12.3. The number of rotatable bonds is 5. The minimum Gasteiger partial charge on any atom is -0.400 e. The molecule has 0 bridgehead atoms. The average Bonchev–Trinajstić information content (AvgIpc) is 3.22. The van der Waals surface area contributed by atoms with Crippen molar-refractivity contribution in [1.82, 2.24) is 10.7 Å². The number of carbonyl (C=O) groups excluding carboxylic acids is 2. The molecule has 1 aromatic carbocycles. The minimum absolute atomic E-state index is 0.113. The lowest BCUT2D eigenvalue weighted by molar-refractivity contribution is -0.402. The Hall–Kier alpha value is -3.49. The lowest BCUT2D eigenvalue weighted by Gasteiger charge is -2.15. The number of benzene rings is 1. The van der Waals surface area contributed by atoms with E-state index >= 15 is 0 Å². The zero-order valence-electron chi connectivity index (χ0n) is 12.9. The van der Waals surface area contributed by atoms with Crippen molar-refractivity contribution in [2.45, 2.75) is 5.92 Å². The van der Waals surface area contributed by atoms with E-state index in [2.05, 4.69) is 15.8 Å². The van der Waals surface area contributed by atoms with Crippen molar-refractivity contribution in [3.63, 3.8) is 0 Å². The number of carbonyl (C=O) groups is 2. The van der Waals surface area contributed by atoms with Gasteiger partial charge in [0.05, 0.1) is 12.3 Å². The summed E-state index contributed by atoms with van der Waals surface area (Å²) in [6, 6.07) is 11.8. The first-order valence-corrected chi connectivity index (χ1v) is 7.46. The van der Waals surface area contributed by atoms with Gasteiger partial charge >= 0.3 is 5.88 Å². The molecule has 1 aliphatic heterocycles. The van der Waals surface area contributed by atoms with Gasteiger partial charge in [-0.25, -0.2) is 5.43 Å². The number of hydrogen-bond donors (Lipinski definition) is 2. The fourth-order valence-corrected chi connectivity index (χ4v) is 2.67. The smallest absolute Gasteiger partial charge is 0.400 e. The second-order valence-corrected chi connectivity index (χ2v) is 5.41. The highest BCUT2D eigenvalue weighted by Gasteiger charge is 2.40. The summed E-state index contributed by atoms with van der Waals surface area (Å²) in [6.07, 6.45) is 1.13. The first-order chi connectivity index (χ1) is 12.1. The Bertz CT molecular complexity index is 830. The highest BCUT2D eigenvalue weighted by molar-refractivity contribution is 6.03. The zero-order chi connectivity index (χ0) is 17.8. The van der Waals surface area contributed by atoms with Gasteiger partial charge in [0.15, 0.2) is 5.76 Å². The zero-order valence-corrected chi connectivity index (χ0v) is 12.9. The van der Waals surface area contributed by atoms with Gasteiger partial charge in [0.1, 0.15) is 10.8 Å². The Balaban J connectivity index is 1.67. The number of furan rings is 1. The summed E-state index contributed by atoms with van der Waals surface area (Å²) in [7, 11) is 0. The summed E-state index contributed by atoms with van der Waals surface area (Å²) in [6.45, 7) is 0.370. The summed E-state index contributed by atoms with van der Waals surface area (Å²) in [4.78, 5) is 34.2. The number of nitrogens with one attached hydrogen (secondary N) is 2. The van der Waals surface area contributed by atoms with Gasteiger partial charge < -0.3 is 9.73 Å². The van der Waals surface area contributed by atoms with Crippen molar-refractivity contribution in [2.75, 3.05) is 6.54 Å². The number of hydrogen-bond acceptors (Lipinski definition) is 6. The third-order valence-corrected chi connectivity index (χ3v) is 3.85. The topological polar surface area (TPSA) is 127 Å². The van der Waals surface area contributed by atoms with Crippen LogP contribution in [0.4, 0.5) is 5.88 Å². The summed E-state index contributed by atoms with van der Waals surface area (Å²) < 4.78 is 4.88. The monoisotopic (exact) mass is 342 g/mol. The van der Waals surface area contributed by atoms with Crippen molar-refractivity contribution in [1.29, 1.82) is 0 Å². The minimum atomic E-state index is -0.898. The largest absolute Gasteiger partial charge is 0.433 e. The van der Waals surface area contributed by atoms with E-state index in [0.29, 0.717) is 6.54 Å². The quantitative estimate of drug-likeness (QED) is 0.365. The molecule has 2 atom stereocenters. The predicted octanol–water partition coefficient (Wildman–Crippen LogP) is 1.17. The van der Waals surface area contributed by atoms with Crippen LogP contribution in [0.1, 0.15) is 17.2 Å². The third kappa shape index (κ3) is 3.55. The average molecular weight is 342 g/mol. The van der Waals surface area contributed by atoms with Gasteiger partial charge in [-0.05, 0) is 11.6 Å². The Morgan fingerprint density at radius 3 is 2.76 bits per heavy atom. The van der Waals surface area contributed by atoms with Crippen molar-refractivity contribution in [3.8, 4) is 0 Å². The van der Waals surface area contributed by atoms with Crippen LogP contribution in [0, 0.1) is 16.0 Å². The molecule has 9 heteroatoms. The van der Waals surface area contributed by atoms with E-state index in [9.17, 15) is 19.7 Å². The molecule has 0 unspecified atom stereocenters. The second kappa shape index (κ2) is 6.95. The van der Waals surface area contributed by atoms with Crippen LogP contribution in [0.2, 0.25) is 0 Å². The van der Waals surface area contributed by atoms with E-state index in [1.165, 1.54) is 12.1 Å². The van der Waals surface area contributed by atoms with Gasteiger partial charge in [-0.1, -0.05) is 30.3 Å². The Labute approximate surface area is 141 Å². The van der Waals surface area contributed by atoms with E-state index in [0.717, 1.165) is 11.8 Å². The van der Waals surface area contributed by atoms with Gasteiger partial charge in [0.25, 0.3) is 5.91 Å². The standard InChI is InChI=1S/C16H14N4O5/c21-15-14(12(9-17-15)10-4-2-1-3-5-10)16(22)19-18-8-11-6-7-13(25-11)20(23)24/h1-8,12,14H,9H2,(H,17,21)(H,19,22)/t12-,14+/m0/s1. The van der Waals surface area contributed by atoms with E-state index in [1.807, 2.05) is 30.3 Å². The van der Waals surface area contributed by atoms with E-state index < -0.39 is 22.6 Å². The number of amides is 2. The molecule has 1 saturated heterocycles. The van der Waals surface area contributed by atoms with Gasteiger partial charge in [-0.3, -0.25) is 19.7 Å². The first kappa shape index (κ1) is 16.4. The molecule has 0 saturated carbocycles. The molecule has 128 valence electrons. The summed E-state index contributed by atoms with van der Waals surface area (Å²) in [5, 5.41) is 16.9. The molecule has 2 amide bonds. The Morgan fingerprint density at radius 1 is 1.32 bits per heavy atom. The SMILES string of the molecule is O=C1NC[C@@H](c2ccccc2)[C@H]1C(=O)NN=Cc1ccc([N+](=O)[O-])o1. The van der Waals surface area contributed by atoms with Crippen LogP contribution < -0.4 is 10.7 Å². The maximum Gasteiger partial charge on any atom is 0.433 e. The van der Waals surface area contributed by atoms with Crippen LogP contribution in [0.25, 0.3) is 0 Å². The summed E-state index contributed by atoms with van der Waals surface area (Å²) in [5.74, 6) is -2.41. The van der Waals surface area contributed by atoms with Crippen molar-refractivity contribution >= 4 is 23.9 Å². The van der Waals surface area contributed by atoms with Crippen LogP contribution in [0.5, 0.6) is 0 Å². The van der Waals surface area contributed by atoms with Gasteiger partial charge in [0.2, 0.25) is 5.91 Å². The lowest BCUT2D eigenvalue weighted by Crippen LogP contribution is -2.34. The Kier molecular flexibility index (Phi) is 4.55. The first-order valence-electron chi connectivity index (χ1n) is 7.46. The summed E-state index contributed by atoms with van der Waals surface area (Å²) >= 11 is 0. The van der Waals surface area contributed by atoms with Crippen LogP contribution in [-0.4, -0.2) is 29.5 Å². The van der Waals surface area contributed by atoms with Gasteiger partial charge in [-0.2, -0.15) is 5.10 Å². The molecule has 25 heavy (non-hydrogen) atoms. The fraction of sp³-hybridized carbons (Fsp3) is 0.188. The molecule has 1 fully saturated rings. The molecule has 2 aromatic rings. The molecular weight excluding hydrogens is 328 g/mol. The normalized spacial score (nSPS) is 19.8. The molecule has 2 N–H and O–H groups in total. The maximum atomic E-state index is 12.3. The second-order valence-electron chi connectivity index (χ2n) is 5.41. The van der Waals surface area contributed by atoms with E-state index in [4.69, 9.17) is 4.42 Å². The van der Waals surface area contributed by atoms with Gasteiger partial charge in [0, 0.05) is 12.5 Å². The van der Waals surface area contributed by atoms with Crippen LogP contribution in [-0.2, 0) is 9.59 Å². The lowest BCUT2D eigenvalue weighted by atomic mass is 9.88. The molecule has 1 aromatic heterocycles. The predicted molar refractivity (Wildman–Crippen MR) is 86.8 cm³/mol. The van der Waals surface area contributed by atoms with Gasteiger partial charge in [-0.15, -0.1) is 0 Å². The molecule has 0 radical (unpaired) electrons. The van der Waals surface area contributed by atoms with Crippen molar-refractivity contribution in [3.05, 3.63) is 63.9 Å². The molecule has 9 nitrogen and oxygen atoms in total. The molecule has 2 heterocycles. The number of nitrogens with zero attached hydrogens (tertiary/aromatic N) is 2. The number of hydrazone groups is 1. The number of nitro groups is 1. The van der Waals surface area contributed by atoms with E-state index in [1.54, 1.807) is 0 Å². The third-order valence-electron chi connectivity index (χ3n) is 3.85.